The molecule has 0 bridgehead atoms. The Hall–Kier alpha value is -0.900. The number of methoxy groups -OCH3 is 1. The first-order chi connectivity index (χ1) is 13.3. The summed E-state index contributed by atoms with van der Waals surface area (Å²) in [6.07, 6.45) is 14.2. The van der Waals surface area contributed by atoms with Gasteiger partial charge in [0.1, 0.15) is 5.60 Å². The number of ether oxygens (including phenoxy) is 2. The Morgan fingerprint density at radius 1 is 1.07 bits per heavy atom. The summed E-state index contributed by atoms with van der Waals surface area (Å²) in [4.78, 5) is 0. The second kappa shape index (κ2) is 10.6. The normalized spacial score (nSPS) is 27.6. The van der Waals surface area contributed by atoms with Gasteiger partial charge in [0.15, 0.2) is 6.29 Å². The standard InChI is InChI=1S/C24H39NO2/c1-3-4-5-6-7-8-9-10-15-21-20-14-11-12-16-22(20)24(27-23(21)26-2)17-13-18-25-19-24/h11-12,14,16,21,23,25H,3-10,13,15,17-19H2,1-2H3. The number of unbranched alkanes of at least 4 members (excludes halogenated alkanes) is 7. The van der Waals surface area contributed by atoms with Crippen LogP contribution < -0.4 is 5.32 Å². The molecule has 152 valence electrons. The van der Waals surface area contributed by atoms with E-state index < -0.39 is 0 Å². The molecular weight excluding hydrogens is 334 g/mol. The molecule has 2 heterocycles. The number of nitrogens with one attached hydrogen (secondary N) is 1. The average Bonchev–Trinajstić information content (AvgIpc) is 2.72. The number of fused-ring (bicyclic) bond motifs is 2. The molecule has 3 atom stereocenters. The number of rotatable bonds is 10. The van der Waals surface area contributed by atoms with Crippen LogP contribution in [-0.4, -0.2) is 26.5 Å². The average molecular weight is 374 g/mol. The number of hydrogen-bond acceptors (Lipinski definition) is 3. The topological polar surface area (TPSA) is 30.5 Å². The zero-order valence-electron chi connectivity index (χ0n) is 17.5. The monoisotopic (exact) mass is 373 g/mol. The van der Waals surface area contributed by atoms with Crippen LogP contribution in [0.1, 0.15) is 94.6 Å². The Balaban J connectivity index is 1.59. The lowest BCUT2D eigenvalue weighted by molar-refractivity contribution is -0.231. The van der Waals surface area contributed by atoms with Crippen molar-refractivity contribution in [2.24, 2.45) is 0 Å². The van der Waals surface area contributed by atoms with Crippen molar-refractivity contribution in [3.8, 4) is 0 Å². The lowest BCUT2D eigenvalue weighted by Gasteiger charge is -2.47. The van der Waals surface area contributed by atoms with E-state index in [0.29, 0.717) is 5.92 Å². The van der Waals surface area contributed by atoms with Gasteiger partial charge in [0.05, 0.1) is 0 Å². The van der Waals surface area contributed by atoms with E-state index in [4.69, 9.17) is 9.47 Å². The molecule has 0 radical (unpaired) electrons. The third kappa shape index (κ3) is 5.13. The van der Waals surface area contributed by atoms with Gasteiger partial charge in [-0.15, -0.1) is 0 Å². The first kappa shape index (κ1) is 20.8. The fraction of sp³-hybridized carbons (Fsp3) is 0.750. The third-order valence-corrected chi connectivity index (χ3v) is 6.47. The SMILES string of the molecule is CCCCCCCCCCC1c2ccccc2C2(CCCNC2)OC1OC. The van der Waals surface area contributed by atoms with Gasteiger partial charge in [-0.3, -0.25) is 0 Å². The van der Waals surface area contributed by atoms with E-state index in [-0.39, 0.29) is 11.9 Å². The molecule has 1 spiro atoms. The zero-order valence-corrected chi connectivity index (χ0v) is 17.5. The van der Waals surface area contributed by atoms with Gasteiger partial charge in [-0.25, -0.2) is 0 Å². The minimum atomic E-state index is -0.203. The molecule has 3 heteroatoms. The predicted molar refractivity (Wildman–Crippen MR) is 112 cm³/mol. The molecule has 3 unspecified atom stereocenters. The van der Waals surface area contributed by atoms with Gasteiger partial charge in [-0.2, -0.15) is 0 Å². The molecule has 1 fully saturated rings. The van der Waals surface area contributed by atoms with Crippen LogP contribution in [0.5, 0.6) is 0 Å². The molecule has 27 heavy (non-hydrogen) atoms. The number of hydrogen-bond donors (Lipinski definition) is 1. The number of piperidine rings is 1. The van der Waals surface area contributed by atoms with Crippen LogP contribution in [0.3, 0.4) is 0 Å². The maximum Gasteiger partial charge on any atom is 0.165 e. The fourth-order valence-electron chi connectivity index (χ4n) is 4.96. The van der Waals surface area contributed by atoms with Crippen molar-refractivity contribution in [1.29, 1.82) is 0 Å². The van der Waals surface area contributed by atoms with Crippen LogP contribution in [0, 0.1) is 0 Å². The van der Waals surface area contributed by atoms with Gasteiger partial charge in [0.2, 0.25) is 0 Å². The van der Waals surface area contributed by atoms with E-state index in [1.165, 1.54) is 62.5 Å². The van der Waals surface area contributed by atoms with Crippen molar-refractivity contribution in [2.75, 3.05) is 20.2 Å². The van der Waals surface area contributed by atoms with Gasteiger partial charge in [-0.1, -0.05) is 82.6 Å². The van der Waals surface area contributed by atoms with E-state index in [9.17, 15) is 0 Å². The van der Waals surface area contributed by atoms with Crippen LogP contribution in [0.25, 0.3) is 0 Å². The maximum atomic E-state index is 6.64. The van der Waals surface area contributed by atoms with Gasteiger partial charge < -0.3 is 14.8 Å². The molecule has 1 saturated heterocycles. The second-order valence-electron chi connectivity index (χ2n) is 8.45. The summed E-state index contributed by atoms with van der Waals surface area (Å²) in [5.74, 6) is 0.360. The Morgan fingerprint density at radius 3 is 2.52 bits per heavy atom. The lowest BCUT2D eigenvalue weighted by Crippen LogP contribution is -2.52. The van der Waals surface area contributed by atoms with Crippen molar-refractivity contribution in [3.05, 3.63) is 35.4 Å². The Kier molecular flexibility index (Phi) is 8.17. The highest BCUT2D eigenvalue weighted by Crippen LogP contribution is 2.46. The largest absolute Gasteiger partial charge is 0.355 e. The smallest absolute Gasteiger partial charge is 0.165 e. The Bertz CT molecular complexity index is 553. The molecular formula is C24H39NO2. The van der Waals surface area contributed by atoms with Crippen LogP contribution in [0.4, 0.5) is 0 Å². The molecule has 1 N–H and O–H groups in total. The molecule has 3 nitrogen and oxygen atoms in total. The number of benzene rings is 1. The van der Waals surface area contributed by atoms with Gasteiger partial charge in [0, 0.05) is 19.6 Å². The molecule has 2 aliphatic rings. The summed E-state index contributed by atoms with van der Waals surface area (Å²) < 4.78 is 12.5. The van der Waals surface area contributed by atoms with E-state index in [2.05, 4.69) is 36.5 Å². The van der Waals surface area contributed by atoms with E-state index in [0.717, 1.165) is 32.4 Å². The van der Waals surface area contributed by atoms with Crippen LogP contribution in [-0.2, 0) is 15.1 Å². The molecule has 0 aliphatic carbocycles. The van der Waals surface area contributed by atoms with Crippen molar-refractivity contribution < 1.29 is 9.47 Å². The summed E-state index contributed by atoms with van der Waals surface area (Å²) >= 11 is 0. The van der Waals surface area contributed by atoms with Crippen molar-refractivity contribution >= 4 is 0 Å². The minimum Gasteiger partial charge on any atom is -0.355 e. The fourth-order valence-corrected chi connectivity index (χ4v) is 4.96. The third-order valence-electron chi connectivity index (χ3n) is 6.47. The van der Waals surface area contributed by atoms with E-state index in [1.54, 1.807) is 0 Å². The predicted octanol–water partition coefficient (Wildman–Crippen LogP) is 5.88. The second-order valence-corrected chi connectivity index (χ2v) is 8.45. The summed E-state index contributed by atoms with van der Waals surface area (Å²) in [6.45, 7) is 4.27. The molecule has 0 aromatic heterocycles. The summed E-state index contributed by atoms with van der Waals surface area (Å²) in [7, 11) is 1.81. The zero-order chi connectivity index (χ0) is 19.0. The first-order valence-corrected chi connectivity index (χ1v) is 11.3. The van der Waals surface area contributed by atoms with Crippen molar-refractivity contribution in [2.45, 2.75) is 95.4 Å². The molecule has 1 aromatic carbocycles. The summed E-state index contributed by atoms with van der Waals surface area (Å²) in [5.41, 5.74) is 2.66. The highest BCUT2D eigenvalue weighted by molar-refractivity contribution is 5.38. The highest BCUT2D eigenvalue weighted by Gasteiger charge is 2.46. The van der Waals surface area contributed by atoms with Gasteiger partial charge in [-0.05, 0) is 36.9 Å². The van der Waals surface area contributed by atoms with Crippen LogP contribution in [0.2, 0.25) is 0 Å². The van der Waals surface area contributed by atoms with Gasteiger partial charge in [0.25, 0.3) is 0 Å². The summed E-state index contributed by atoms with van der Waals surface area (Å²) in [5, 5.41) is 3.55. The highest BCUT2D eigenvalue weighted by atomic mass is 16.7. The quantitative estimate of drug-likeness (QED) is 0.519. The Labute approximate surface area is 166 Å². The van der Waals surface area contributed by atoms with E-state index >= 15 is 0 Å². The summed E-state index contributed by atoms with van der Waals surface area (Å²) in [6, 6.07) is 8.95. The lowest BCUT2D eigenvalue weighted by atomic mass is 9.76. The first-order valence-electron chi connectivity index (χ1n) is 11.3. The Morgan fingerprint density at radius 2 is 1.81 bits per heavy atom. The molecule has 1 aromatic rings. The van der Waals surface area contributed by atoms with E-state index in [1.807, 2.05) is 7.11 Å². The molecule has 2 aliphatic heterocycles. The minimum absolute atomic E-state index is 0.121. The maximum absolute atomic E-state index is 6.64. The molecule has 3 rings (SSSR count). The van der Waals surface area contributed by atoms with Gasteiger partial charge >= 0.3 is 0 Å². The molecule has 0 saturated carbocycles. The van der Waals surface area contributed by atoms with Crippen molar-refractivity contribution in [1.82, 2.24) is 5.32 Å². The molecule has 0 amide bonds. The van der Waals surface area contributed by atoms with Crippen LogP contribution in [0.15, 0.2) is 24.3 Å². The van der Waals surface area contributed by atoms with Crippen molar-refractivity contribution in [3.63, 3.8) is 0 Å². The van der Waals surface area contributed by atoms with Crippen LogP contribution >= 0.6 is 0 Å².